The molecule has 0 saturated heterocycles. The van der Waals surface area contributed by atoms with E-state index in [1.165, 1.54) is 50.9 Å². The van der Waals surface area contributed by atoms with Crippen LogP contribution in [0.5, 0.6) is 46.0 Å². The van der Waals surface area contributed by atoms with E-state index < -0.39 is 61.8 Å². The largest absolute Gasteiger partial charge is 0.497 e. The molecule has 24 nitrogen and oxygen atoms in total. The summed E-state index contributed by atoms with van der Waals surface area (Å²) in [6, 6.07) is 25.9. The predicted molar refractivity (Wildman–Crippen MR) is 378 cm³/mol. The molecule has 8 aromatic heterocycles. The molecule has 3 unspecified atom stereocenters. The van der Waals surface area contributed by atoms with Crippen LogP contribution >= 0.6 is 10.0 Å². The first-order valence-electron chi connectivity index (χ1n) is 30.2. The highest BCUT2D eigenvalue weighted by Gasteiger charge is 2.30. The summed E-state index contributed by atoms with van der Waals surface area (Å²) in [5.74, 6) is 5.40. The molecule has 12 aromatic rings. The van der Waals surface area contributed by atoms with Crippen molar-refractivity contribution >= 4 is 86.6 Å². The number of methoxy groups -OCH3 is 6. The molecule has 0 saturated carbocycles. The Labute approximate surface area is 586 Å². The number of imidazole rings is 4. The zero-order valence-electron chi connectivity index (χ0n) is 57.2. The average Bonchev–Trinajstić information content (AvgIpc) is 1.70. The van der Waals surface area contributed by atoms with Gasteiger partial charge in [-0.1, -0.05) is 12.1 Å². The fraction of sp³-hybridized carbons (Fsp3) is 0.294. The van der Waals surface area contributed by atoms with Gasteiger partial charge in [0.05, 0.1) is 159 Å². The first-order chi connectivity index (χ1) is 47.7. The molecule has 3 atom stereocenters. The van der Waals surface area contributed by atoms with Crippen LogP contribution in [0.15, 0.2) is 136 Å². The quantitative estimate of drug-likeness (QED) is 0.0458. The molecular formula is C68H75F5N12O12S4. The van der Waals surface area contributed by atoms with E-state index in [0.717, 1.165) is 95.1 Å². The van der Waals surface area contributed by atoms with Crippen molar-refractivity contribution in [3.05, 3.63) is 166 Å². The Kier molecular flexibility index (Phi) is 25.9. The highest BCUT2D eigenvalue weighted by Crippen LogP contribution is 2.51. The Morgan fingerprint density at radius 1 is 0.475 bits per heavy atom. The van der Waals surface area contributed by atoms with Crippen LogP contribution in [-0.4, -0.2) is 152 Å². The lowest BCUT2D eigenvalue weighted by molar-refractivity contribution is -0.153. The molecule has 0 aliphatic heterocycles. The van der Waals surface area contributed by atoms with Crippen LogP contribution in [0.25, 0.3) is 44.1 Å². The molecule has 0 amide bonds. The van der Waals surface area contributed by atoms with Crippen molar-refractivity contribution in [1.82, 2.24) is 59.8 Å². The zero-order valence-corrected chi connectivity index (χ0v) is 60.4. The maximum absolute atomic E-state index is 12.7. The van der Waals surface area contributed by atoms with Gasteiger partial charge in [-0.25, -0.2) is 19.9 Å². The summed E-state index contributed by atoms with van der Waals surface area (Å²) >= 11 is 0. The molecule has 0 radical (unpaired) electrons. The van der Waals surface area contributed by atoms with Crippen molar-refractivity contribution in [2.75, 3.05) is 61.8 Å². The highest BCUT2D eigenvalue weighted by atomic mass is 32.3. The molecule has 33 heteroatoms. The molecular weight excluding hydrogens is 1400 g/mol. The lowest BCUT2D eigenvalue weighted by atomic mass is 10.1. The minimum atomic E-state index is -4.42. The minimum absolute atomic E-state index is 0. The van der Waals surface area contributed by atoms with Gasteiger partial charge in [-0.2, -0.15) is 32.0 Å². The number of para-hydroxylation sites is 2. The van der Waals surface area contributed by atoms with Crippen LogP contribution in [0, 0.1) is 34.6 Å². The molecule has 8 heterocycles. The van der Waals surface area contributed by atoms with Crippen LogP contribution in [0.3, 0.4) is 0 Å². The molecule has 0 fully saturated rings. The standard InChI is InChI=1S/C19H25N3O2S.C17H19N3O3S.C16H14F3N3O2S.C16H15F2N3O4S.H2O/c1-12-10-20-17(13(2)18(12)24-4)11-25(5,6)19-21-15-8-7-14(23-3)9-16(15)22-19;1-10-8-18-15(11(2)16(10)23-4)9-24(21)17-19-13-6-5-12(22-3)7-14(13)20-17;1-10-13(20-7-6-14(10)24-9-16(17,18)19)8-25(23)15-21-11-4-2-3-5-12(11)22-15;1-23-13-5-6-19-12(14(13)24-2)8-26(22)16-20-10-4-3-9(25-15(17)18)7-11(10)21-16;/h7-10H,11H2,1-6H3,(H,21,22);5-8H,9H2,1-4H3,(H,19,20);2-7H,8-9H2,1H3,(H,21,22);3-7,15H,8H2,1-2H3,(H,20,21);1H2. The van der Waals surface area contributed by atoms with Crippen molar-refractivity contribution in [3.63, 3.8) is 0 Å². The Morgan fingerprint density at radius 2 is 0.911 bits per heavy atom. The summed E-state index contributed by atoms with van der Waals surface area (Å²) < 4.78 is 140. The number of halogens is 5. The van der Waals surface area contributed by atoms with Crippen molar-refractivity contribution in [1.29, 1.82) is 0 Å². The van der Waals surface area contributed by atoms with Crippen molar-refractivity contribution in [3.8, 4) is 46.0 Å². The van der Waals surface area contributed by atoms with Crippen LogP contribution in [0.4, 0.5) is 22.0 Å². The SMILES string of the molecule is COc1ccc2nc(S(=O)Cc3ncc(C)c(OC)c3C)[nH]c2c1.COc1ccc2nc(S(C)(C)Cc3ncc(C)c(OC)c3C)[nH]c2c1.COc1ccnc(CS(=O)c2nc3ccc(OC(F)F)cc3[nH]2)c1OC.Cc1c(OCC(F)(F)F)ccnc1CS(=O)c1nc2ccccc2[nH]1.O. The third kappa shape index (κ3) is 19.2. The first kappa shape index (κ1) is 76.9. The monoisotopic (exact) mass is 1470 g/mol. The second-order valence-corrected chi connectivity index (χ2v) is 30.4. The fourth-order valence-corrected chi connectivity index (χ4v) is 15.3. The topological polar surface area (TPSA) is 323 Å². The van der Waals surface area contributed by atoms with E-state index in [-0.39, 0.29) is 39.4 Å². The van der Waals surface area contributed by atoms with Gasteiger partial charge in [-0.15, -0.1) is 0 Å². The lowest BCUT2D eigenvalue weighted by Crippen LogP contribution is -2.19. The minimum Gasteiger partial charge on any atom is -0.497 e. The second-order valence-electron chi connectivity index (χ2n) is 22.5. The number of rotatable bonds is 22. The number of hydrogen-bond acceptors (Lipinski definition) is 19. The normalized spacial score (nSPS) is 12.4. The summed E-state index contributed by atoms with van der Waals surface area (Å²) in [5, 5.41) is 1.94. The van der Waals surface area contributed by atoms with E-state index in [9.17, 15) is 34.6 Å². The summed E-state index contributed by atoms with van der Waals surface area (Å²) in [6.45, 7) is 5.24. The third-order valence-corrected chi connectivity index (χ3v) is 21.1. The van der Waals surface area contributed by atoms with Crippen LogP contribution in [0.2, 0.25) is 0 Å². The predicted octanol–water partition coefficient (Wildman–Crippen LogP) is 12.7. The van der Waals surface area contributed by atoms with E-state index in [2.05, 4.69) is 79.0 Å². The Bertz CT molecular complexity index is 4900. The molecule has 4 aromatic carbocycles. The summed E-state index contributed by atoms with van der Waals surface area (Å²) in [4.78, 5) is 47.5. The Balaban J connectivity index is 0.000000171. The average molecular weight is 1480 g/mol. The fourth-order valence-electron chi connectivity index (χ4n) is 10.2. The Hall–Kier alpha value is -9.83. The molecule has 538 valence electrons. The number of ether oxygens (including phenoxy) is 8. The number of alkyl halides is 5. The molecule has 0 spiro atoms. The van der Waals surface area contributed by atoms with Crippen molar-refractivity contribution < 1.29 is 77.9 Å². The Morgan fingerprint density at radius 3 is 1.42 bits per heavy atom. The van der Waals surface area contributed by atoms with Crippen molar-refractivity contribution in [2.45, 2.75) is 91.0 Å². The highest BCUT2D eigenvalue weighted by molar-refractivity contribution is 8.31. The number of hydrogen-bond donors (Lipinski definition) is 4. The third-order valence-electron chi connectivity index (χ3n) is 15.3. The number of aryl methyl sites for hydroxylation is 2. The van der Waals surface area contributed by atoms with Gasteiger partial charge in [0.2, 0.25) is 0 Å². The summed E-state index contributed by atoms with van der Waals surface area (Å²) in [6.07, 6.45) is 6.59. The number of fused-ring (bicyclic) bond motifs is 4. The molecule has 0 aliphatic rings. The first-order valence-corrected chi connectivity index (χ1v) is 36.8. The van der Waals surface area contributed by atoms with Crippen LogP contribution in [0.1, 0.15) is 50.6 Å². The van der Waals surface area contributed by atoms with Gasteiger partial charge < -0.3 is 63.3 Å². The van der Waals surface area contributed by atoms with Gasteiger partial charge in [-0.05, 0) is 102 Å². The smallest absolute Gasteiger partial charge is 0.422 e. The summed E-state index contributed by atoms with van der Waals surface area (Å²) in [5.41, 5.74) is 13.0. The second kappa shape index (κ2) is 34.0. The van der Waals surface area contributed by atoms with E-state index in [4.69, 9.17) is 38.1 Å². The molecule has 6 N–H and O–H groups in total. The lowest BCUT2D eigenvalue weighted by Gasteiger charge is -2.29. The number of aromatic amines is 4. The molecule has 12 rings (SSSR count). The van der Waals surface area contributed by atoms with E-state index in [1.807, 2.05) is 81.6 Å². The number of nitrogens with one attached hydrogen (secondary N) is 4. The number of aromatic nitrogens is 12. The molecule has 0 bridgehead atoms. The molecule has 0 aliphatic carbocycles. The van der Waals surface area contributed by atoms with Gasteiger partial charge >= 0.3 is 12.8 Å². The van der Waals surface area contributed by atoms with Gasteiger partial charge in [0.1, 0.15) is 39.7 Å². The summed E-state index contributed by atoms with van der Waals surface area (Å²) in [7, 11) is 4.00. The van der Waals surface area contributed by atoms with E-state index >= 15 is 0 Å². The number of pyridine rings is 4. The van der Waals surface area contributed by atoms with Crippen LogP contribution in [-0.2, 0) is 55.4 Å². The van der Waals surface area contributed by atoms with Crippen molar-refractivity contribution in [2.24, 2.45) is 0 Å². The zero-order chi connectivity index (χ0) is 72.2. The van der Waals surface area contributed by atoms with E-state index in [1.54, 1.807) is 53.7 Å². The van der Waals surface area contributed by atoms with Gasteiger partial charge in [0.15, 0.2) is 33.6 Å². The van der Waals surface area contributed by atoms with Gasteiger partial charge in [-0.3, -0.25) is 32.6 Å². The number of nitrogens with zero attached hydrogens (tertiary/aromatic N) is 8. The van der Waals surface area contributed by atoms with Gasteiger partial charge in [0, 0.05) is 82.6 Å². The molecule has 101 heavy (non-hydrogen) atoms. The van der Waals surface area contributed by atoms with Crippen LogP contribution < -0.4 is 37.9 Å². The number of benzene rings is 4. The maximum Gasteiger partial charge on any atom is 0.422 e. The van der Waals surface area contributed by atoms with Gasteiger partial charge in [0.25, 0.3) is 0 Å². The number of H-pyrrole nitrogens is 4. The maximum atomic E-state index is 12.7. The van der Waals surface area contributed by atoms with E-state index in [0.29, 0.717) is 55.3 Å².